The molecule has 0 saturated heterocycles. The molecule has 1 aliphatic carbocycles. The van der Waals surface area contributed by atoms with Crippen molar-refractivity contribution in [3.63, 3.8) is 0 Å². The summed E-state index contributed by atoms with van der Waals surface area (Å²) >= 11 is 0. The van der Waals surface area contributed by atoms with Crippen molar-refractivity contribution in [3.8, 4) is 11.5 Å². The number of H-pyrrole nitrogens is 1. The lowest BCUT2D eigenvalue weighted by molar-refractivity contribution is -0.122. The predicted molar refractivity (Wildman–Crippen MR) is 117 cm³/mol. The van der Waals surface area contributed by atoms with Crippen molar-refractivity contribution in [3.05, 3.63) is 53.7 Å². The van der Waals surface area contributed by atoms with Crippen LogP contribution in [0.2, 0.25) is 0 Å². The molecule has 3 aromatic rings. The lowest BCUT2D eigenvalue weighted by Crippen LogP contribution is -2.34. The van der Waals surface area contributed by atoms with Crippen LogP contribution in [0, 0.1) is 0 Å². The zero-order valence-electron chi connectivity index (χ0n) is 17.6. The van der Waals surface area contributed by atoms with Gasteiger partial charge in [-0.1, -0.05) is 6.07 Å². The summed E-state index contributed by atoms with van der Waals surface area (Å²) in [7, 11) is 0. The third-order valence-corrected chi connectivity index (χ3v) is 6.54. The van der Waals surface area contributed by atoms with E-state index in [0.29, 0.717) is 11.5 Å². The maximum Gasteiger partial charge on any atom is 0.235 e. The maximum atomic E-state index is 13.2. The van der Waals surface area contributed by atoms with Crippen LogP contribution in [0.3, 0.4) is 0 Å². The molecule has 0 radical (unpaired) electrons. The number of aromatic nitrogens is 1. The number of carbonyl (C=O) groups excluding carboxylic acids is 2. The molecule has 2 aromatic carbocycles. The van der Waals surface area contributed by atoms with Crippen LogP contribution in [0.5, 0.6) is 11.5 Å². The first kappa shape index (κ1) is 19.6. The number of nitrogens with two attached hydrogens (primary N) is 1. The number of anilines is 1. The lowest BCUT2D eigenvalue weighted by atomic mass is 9.84. The van der Waals surface area contributed by atoms with Crippen LogP contribution in [0.4, 0.5) is 5.69 Å². The molecule has 7 heteroatoms. The normalized spacial score (nSPS) is 16.4. The third kappa shape index (κ3) is 3.16. The topological polar surface area (TPSA) is 106 Å². The number of rotatable bonds is 6. The fourth-order valence-electron chi connectivity index (χ4n) is 4.17. The van der Waals surface area contributed by atoms with Gasteiger partial charge in [0.1, 0.15) is 0 Å². The molecule has 0 unspecified atom stereocenters. The Labute approximate surface area is 179 Å². The lowest BCUT2D eigenvalue weighted by Gasteiger charge is -2.20. The predicted octanol–water partition coefficient (Wildman–Crippen LogP) is 3.37. The smallest absolute Gasteiger partial charge is 0.235 e. The first-order valence-electron chi connectivity index (χ1n) is 10.4. The highest BCUT2D eigenvalue weighted by molar-refractivity contribution is 6.03. The van der Waals surface area contributed by atoms with Crippen molar-refractivity contribution in [2.24, 2.45) is 5.73 Å². The Morgan fingerprint density at radius 1 is 1.10 bits per heavy atom. The van der Waals surface area contributed by atoms with E-state index in [4.69, 9.17) is 15.2 Å². The molecule has 160 valence electrons. The quantitative estimate of drug-likeness (QED) is 0.568. The Balaban J connectivity index is 1.39. The number of ether oxygens (including phenoxy) is 2. The van der Waals surface area contributed by atoms with Crippen LogP contribution in [-0.2, 0) is 20.4 Å². The van der Waals surface area contributed by atoms with Crippen molar-refractivity contribution in [2.75, 3.05) is 18.7 Å². The summed E-state index contributed by atoms with van der Waals surface area (Å²) in [6.07, 6.45) is 1.59. The summed E-state index contributed by atoms with van der Waals surface area (Å²) in [4.78, 5) is 28.7. The highest BCUT2D eigenvalue weighted by Gasteiger charge is 2.51. The number of hydrogen-bond acceptors (Lipinski definition) is 5. The summed E-state index contributed by atoms with van der Waals surface area (Å²) in [5, 5.41) is 4.00. The van der Waals surface area contributed by atoms with Crippen molar-refractivity contribution in [1.29, 1.82) is 0 Å². The number of aromatic amines is 1. The van der Waals surface area contributed by atoms with Gasteiger partial charge in [-0.05, 0) is 68.7 Å². The fourth-order valence-corrected chi connectivity index (χ4v) is 4.17. The van der Waals surface area contributed by atoms with E-state index in [2.05, 4.69) is 10.3 Å². The molecule has 1 aliphatic heterocycles. The SMILES string of the molecule is CC(C)(C(=O)CN)c1cc2cc(NC(=O)C3(c4ccc5c(c4)OCO5)CC3)ccc2[nH]1. The van der Waals surface area contributed by atoms with Crippen LogP contribution >= 0.6 is 0 Å². The summed E-state index contributed by atoms with van der Waals surface area (Å²) in [5.41, 5.74) is 7.71. The number of benzene rings is 2. The molecular weight excluding hydrogens is 394 g/mol. The Kier molecular flexibility index (Phi) is 4.34. The molecule has 7 nitrogen and oxygen atoms in total. The Morgan fingerprint density at radius 2 is 1.87 bits per heavy atom. The van der Waals surface area contributed by atoms with Gasteiger partial charge in [0.2, 0.25) is 12.7 Å². The van der Waals surface area contributed by atoms with E-state index in [1.54, 1.807) is 0 Å². The molecule has 0 spiro atoms. The van der Waals surface area contributed by atoms with Gasteiger partial charge in [0.25, 0.3) is 0 Å². The van der Waals surface area contributed by atoms with Gasteiger partial charge >= 0.3 is 0 Å². The van der Waals surface area contributed by atoms with Gasteiger partial charge in [-0.25, -0.2) is 0 Å². The highest BCUT2D eigenvalue weighted by Crippen LogP contribution is 2.51. The summed E-state index contributed by atoms with van der Waals surface area (Å²) < 4.78 is 10.9. The number of ketones is 1. The standard InChI is InChI=1S/C24H25N3O4/c1-23(2,21(28)12-25)20-10-14-9-16(4-5-17(14)27-20)26-22(29)24(7-8-24)15-3-6-18-19(11-15)31-13-30-18/h3-6,9-11,27H,7-8,12-13,25H2,1-2H3,(H,26,29). The maximum absolute atomic E-state index is 13.2. The van der Waals surface area contributed by atoms with E-state index < -0.39 is 10.8 Å². The third-order valence-electron chi connectivity index (χ3n) is 6.54. The van der Waals surface area contributed by atoms with Gasteiger partial charge in [0.05, 0.1) is 17.4 Å². The Morgan fingerprint density at radius 3 is 2.61 bits per heavy atom. The average molecular weight is 419 g/mol. The first-order valence-corrected chi connectivity index (χ1v) is 10.4. The number of amides is 1. The van der Waals surface area contributed by atoms with E-state index in [0.717, 1.165) is 40.7 Å². The molecule has 2 aliphatic rings. The Bertz CT molecular complexity index is 1210. The van der Waals surface area contributed by atoms with Crippen LogP contribution in [0.1, 0.15) is 37.9 Å². The van der Waals surface area contributed by atoms with Crippen LogP contribution in [-0.4, -0.2) is 30.0 Å². The zero-order chi connectivity index (χ0) is 21.8. The molecule has 0 atom stereocenters. The van der Waals surface area contributed by atoms with Crippen LogP contribution < -0.4 is 20.5 Å². The minimum Gasteiger partial charge on any atom is -0.454 e. The van der Waals surface area contributed by atoms with Gasteiger partial charge < -0.3 is 25.5 Å². The van der Waals surface area contributed by atoms with E-state index >= 15 is 0 Å². The number of hydrogen-bond donors (Lipinski definition) is 3. The van der Waals surface area contributed by atoms with E-state index in [-0.39, 0.29) is 25.0 Å². The summed E-state index contributed by atoms with van der Waals surface area (Å²) in [5.74, 6) is 1.34. The number of nitrogens with one attached hydrogen (secondary N) is 2. The second kappa shape index (κ2) is 6.85. The molecule has 1 aromatic heterocycles. The van der Waals surface area contributed by atoms with Gasteiger partial charge in [-0.3, -0.25) is 9.59 Å². The van der Waals surface area contributed by atoms with E-state index in [1.165, 1.54) is 0 Å². The molecule has 1 saturated carbocycles. The zero-order valence-corrected chi connectivity index (χ0v) is 17.6. The van der Waals surface area contributed by atoms with E-state index in [9.17, 15) is 9.59 Å². The molecule has 1 amide bonds. The van der Waals surface area contributed by atoms with Gasteiger partial charge in [-0.15, -0.1) is 0 Å². The molecule has 1 fully saturated rings. The molecular formula is C24H25N3O4. The van der Waals surface area contributed by atoms with Crippen molar-refractivity contribution in [1.82, 2.24) is 4.98 Å². The second-order valence-electron chi connectivity index (χ2n) is 8.84. The minimum atomic E-state index is -0.700. The summed E-state index contributed by atoms with van der Waals surface area (Å²) in [6, 6.07) is 13.4. The van der Waals surface area contributed by atoms with Crippen LogP contribution in [0.25, 0.3) is 10.9 Å². The number of fused-ring (bicyclic) bond motifs is 2. The van der Waals surface area contributed by atoms with Gasteiger partial charge in [-0.2, -0.15) is 0 Å². The average Bonchev–Trinajstić information content (AvgIpc) is 3.25. The molecule has 2 heterocycles. The van der Waals surface area contributed by atoms with Crippen molar-refractivity contribution in [2.45, 2.75) is 37.5 Å². The molecule has 5 rings (SSSR count). The summed E-state index contributed by atoms with van der Waals surface area (Å²) in [6.45, 7) is 3.92. The van der Waals surface area contributed by atoms with Crippen molar-refractivity contribution >= 4 is 28.3 Å². The van der Waals surface area contributed by atoms with E-state index in [1.807, 2.05) is 56.3 Å². The van der Waals surface area contributed by atoms with Gasteiger partial charge in [0.15, 0.2) is 17.3 Å². The number of Topliss-reactive ketones (excluding diaryl/α,β-unsaturated/α-hetero) is 1. The minimum absolute atomic E-state index is 0.00832. The van der Waals surface area contributed by atoms with Crippen molar-refractivity contribution < 1.29 is 19.1 Å². The second-order valence-corrected chi connectivity index (χ2v) is 8.84. The fraction of sp³-hybridized carbons (Fsp3) is 0.333. The largest absolute Gasteiger partial charge is 0.454 e. The monoisotopic (exact) mass is 419 g/mol. The molecule has 4 N–H and O–H groups in total. The van der Waals surface area contributed by atoms with Crippen LogP contribution in [0.15, 0.2) is 42.5 Å². The first-order chi connectivity index (χ1) is 14.8. The van der Waals surface area contributed by atoms with Gasteiger partial charge in [0, 0.05) is 22.3 Å². The Hall–Kier alpha value is -3.32. The molecule has 0 bridgehead atoms. The highest BCUT2D eigenvalue weighted by atomic mass is 16.7. The number of carbonyl (C=O) groups is 2. The molecule has 31 heavy (non-hydrogen) atoms.